The summed E-state index contributed by atoms with van der Waals surface area (Å²) in [5, 5.41) is 7.04. The molecule has 6 heteroatoms. The molecule has 1 aromatic rings. The Labute approximate surface area is 144 Å². The van der Waals surface area contributed by atoms with Gasteiger partial charge in [0.1, 0.15) is 5.76 Å². The Balaban J connectivity index is 1.56. The second kappa shape index (κ2) is 7.57. The molecule has 24 heavy (non-hydrogen) atoms. The van der Waals surface area contributed by atoms with Crippen molar-refractivity contribution in [1.29, 1.82) is 0 Å². The second-order valence-electron chi connectivity index (χ2n) is 7.17. The van der Waals surface area contributed by atoms with Crippen LogP contribution in [0.5, 0.6) is 0 Å². The second-order valence-corrected chi connectivity index (χ2v) is 7.17. The van der Waals surface area contributed by atoms with Crippen molar-refractivity contribution in [3.8, 4) is 0 Å². The monoisotopic (exact) mass is 335 g/mol. The van der Waals surface area contributed by atoms with E-state index in [2.05, 4.69) is 29.5 Å². The number of ether oxygens (including phenoxy) is 2. The third-order valence-corrected chi connectivity index (χ3v) is 5.20. The highest BCUT2D eigenvalue weighted by atomic mass is 16.5. The molecule has 134 valence electrons. The normalized spacial score (nSPS) is 28.3. The summed E-state index contributed by atoms with van der Waals surface area (Å²) in [6.45, 7) is 7.46. The molecule has 2 N–H and O–H groups in total. The molecule has 2 heterocycles. The minimum absolute atomic E-state index is 0.131. The minimum Gasteiger partial charge on any atom is -0.469 e. The van der Waals surface area contributed by atoms with Gasteiger partial charge in [-0.25, -0.2) is 0 Å². The molecule has 6 nitrogen and oxygen atoms in total. The summed E-state index contributed by atoms with van der Waals surface area (Å²) in [4.78, 5) is 4.63. The van der Waals surface area contributed by atoms with Crippen LogP contribution in [0.3, 0.4) is 0 Å². The molecular weight excluding hydrogens is 306 g/mol. The van der Waals surface area contributed by atoms with Crippen molar-refractivity contribution in [2.24, 2.45) is 16.3 Å². The third-order valence-electron chi connectivity index (χ3n) is 5.20. The zero-order chi connectivity index (χ0) is 17.0. The Morgan fingerprint density at radius 1 is 1.46 bits per heavy atom. The molecule has 3 rings (SSSR count). The van der Waals surface area contributed by atoms with Gasteiger partial charge in [-0.05, 0) is 18.6 Å². The van der Waals surface area contributed by atoms with Crippen molar-refractivity contribution in [3.05, 3.63) is 24.2 Å². The molecule has 1 aliphatic carbocycles. The molecule has 1 saturated carbocycles. The van der Waals surface area contributed by atoms with Gasteiger partial charge in [0.15, 0.2) is 5.96 Å². The van der Waals surface area contributed by atoms with Gasteiger partial charge in [-0.1, -0.05) is 13.8 Å². The Kier molecular flexibility index (Phi) is 5.46. The maximum Gasteiger partial charge on any atom is 0.191 e. The molecule has 0 amide bonds. The zero-order valence-corrected chi connectivity index (χ0v) is 14.9. The SMILES string of the molecule is COCCN=C(NCCc1ccco1)NC1C2CCOC2C1(C)C. The lowest BCUT2D eigenvalue weighted by molar-refractivity contribution is -0.106. The lowest BCUT2D eigenvalue weighted by Gasteiger charge is -2.54. The van der Waals surface area contributed by atoms with Crippen LogP contribution in [0.15, 0.2) is 27.8 Å². The molecule has 2 fully saturated rings. The van der Waals surface area contributed by atoms with E-state index in [1.165, 1.54) is 0 Å². The lowest BCUT2D eigenvalue weighted by atomic mass is 9.57. The molecule has 2 aliphatic rings. The largest absolute Gasteiger partial charge is 0.469 e. The Morgan fingerprint density at radius 2 is 2.33 bits per heavy atom. The number of hydrogen-bond donors (Lipinski definition) is 2. The van der Waals surface area contributed by atoms with E-state index in [0.717, 1.165) is 37.7 Å². The van der Waals surface area contributed by atoms with Crippen LogP contribution >= 0.6 is 0 Å². The van der Waals surface area contributed by atoms with Crippen molar-refractivity contribution in [2.45, 2.75) is 38.8 Å². The van der Waals surface area contributed by atoms with Crippen molar-refractivity contribution in [3.63, 3.8) is 0 Å². The van der Waals surface area contributed by atoms with Crippen LogP contribution in [0.4, 0.5) is 0 Å². The first-order valence-corrected chi connectivity index (χ1v) is 8.80. The quantitative estimate of drug-likeness (QED) is 0.452. The Hall–Kier alpha value is -1.53. The highest BCUT2D eigenvalue weighted by Gasteiger charge is 2.59. The number of nitrogens with one attached hydrogen (secondary N) is 2. The summed E-state index contributed by atoms with van der Waals surface area (Å²) in [5.74, 6) is 2.41. The number of hydrogen-bond acceptors (Lipinski definition) is 4. The van der Waals surface area contributed by atoms with Gasteiger partial charge in [0.2, 0.25) is 0 Å². The predicted octanol–water partition coefficient (Wildman–Crippen LogP) is 1.82. The first-order chi connectivity index (χ1) is 11.6. The van der Waals surface area contributed by atoms with Gasteiger partial charge in [-0.3, -0.25) is 4.99 Å². The van der Waals surface area contributed by atoms with Crippen LogP contribution in [-0.2, 0) is 15.9 Å². The maximum atomic E-state index is 5.87. The zero-order valence-electron chi connectivity index (χ0n) is 14.9. The van der Waals surface area contributed by atoms with Gasteiger partial charge in [0, 0.05) is 44.1 Å². The van der Waals surface area contributed by atoms with E-state index in [0.29, 0.717) is 31.2 Å². The average molecular weight is 335 g/mol. The topological polar surface area (TPSA) is 68.0 Å². The van der Waals surface area contributed by atoms with Crippen LogP contribution in [0.1, 0.15) is 26.0 Å². The highest BCUT2D eigenvalue weighted by molar-refractivity contribution is 5.80. The minimum atomic E-state index is 0.131. The number of fused-ring (bicyclic) bond motifs is 1. The molecule has 0 bridgehead atoms. The van der Waals surface area contributed by atoms with Crippen LogP contribution < -0.4 is 10.6 Å². The number of rotatable bonds is 7. The Morgan fingerprint density at radius 3 is 3.08 bits per heavy atom. The van der Waals surface area contributed by atoms with E-state index in [1.807, 2.05) is 12.1 Å². The number of methoxy groups -OCH3 is 1. The Bertz CT molecular complexity index is 542. The van der Waals surface area contributed by atoms with Gasteiger partial charge < -0.3 is 24.5 Å². The first-order valence-electron chi connectivity index (χ1n) is 8.80. The fraction of sp³-hybridized carbons (Fsp3) is 0.722. The van der Waals surface area contributed by atoms with Crippen molar-refractivity contribution >= 4 is 5.96 Å². The molecular formula is C18H29N3O3. The fourth-order valence-electron chi connectivity index (χ4n) is 3.92. The van der Waals surface area contributed by atoms with Gasteiger partial charge in [-0.15, -0.1) is 0 Å². The van der Waals surface area contributed by atoms with Gasteiger partial charge in [0.25, 0.3) is 0 Å². The van der Waals surface area contributed by atoms with E-state index in [4.69, 9.17) is 13.9 Å². The number of nitrogens with zero attached hydrogens (tertiary/aromatic N) is 1. The molecule has 1 saturated heterocycles. The fourth-order valence-corrected chi connectivity index (χ4v) is 3.92. The van der Waals surface area contributed by atoms with Crippen molar-refractivity contribution < 1.29 is 13.9 Å². The molecule has 3 unspecified atom stereocenters. The highest BCUT2D eigenvalue weighted by Crippen LogP contribution is 2.52. The summed E-state index contributed by atoms with van der Waals surface area (Å²) < 4.78 is 16.4. The molecule has 0 radical (unpaired) electrons. The van der Waals surface area contributed by atoms with Crippen molar-refractivity contribution in [1.82, 2.24) is 10.6 Å². The summed E-state index contributed by atoms with van der Waals surface area (Å²) in [5.41, 5.74) is 0.131. The van der Waals surface area contributed by atoms with Crippen LogP contribution in [0, 0.1) is 11.3 Å². The van der Waals surface area contributed by atoms with Crippen LogP contribution in [-0.4, -0.2) is 51.5 Å². The van der Waals surface area contributed by atoms with Crippen LogP contribution in [0.2, 0.25) is 0 Å². The van der Waals surface area contributed by atoms with Gasteiger partial charge in [0.05, 0.1) is 25.5 Å². The summed E-state index contributed by atoms with van der Waals surface area (Å²) >= 11 is 0. The third kappa shape index (κ3) is 3.59. The van der Waals surface area contributed by atoms with Crippen LogP contribution in [0.25, 0.3) is 0 Å². The number of guanidine groups is 1. The standard InChI is InChI=1S/C18H29N3O3/c1-18(2)15(14-7-11-24-16(14)18)21-17(20-9-12-22-3)19-8-6-13-5-4-10-23-13/h4-5,10,14-16H,6-9,11-12H2,1-3H3,(H2,19,20,21). The predicted molar refractivity (Wildman–Crippen MR) is 93.1 cm³/mol. The van der Waals surface area contributed by atoms with Crippen molar-refractivity contribution in [2.75, 3.05) is 33.4 Å². The summed E-state index contributed by atoms with van der Waals surface area (Å²) in [7, 11) is 1.70. The summed E-state index contributed by atoms with van der Waals surface area (Å²) in [6.07, 6.45) is 4.04. The first kappa shape index (κ1) is 17.3. The molecule has 3 atom stereocenters. The summed E-state index contributed by atoms with van der Waals surface area (Å²) in [6, 6.07) is 4.30. The molecule has 1 aromatic heterocycles. The lowest BCUT2D eigenvalue weighted by Crippen LogP contribution is -2.68. The molecule has 0 aromatic carbocycles. The number of aliphatic imine (C=N–C) groups is 1. The van der Waals surface area contributed by atoms with Gasteiger partial charge in [-0.2, -0.15) is 0 Å². The number of furan rings is 1. The maximum absolute atomic E-state index is 5.87. The smallest absolute Gasteiger partial charge is 0.191 e. The van der Waals surface area contributed by atoms with E-state index >= 15 is 0 Å². The van der Waals surface area contributed by atoms with Gasteiger partial charge >= 0.3 is 0 Å². The van der Waals surface area contributed by atoms with E-state index in [9.17, 15) is 0 Å². The van der Waals surface area contributed by atoms with E-state index < -0.39 is 0 Å². The van der Waals surface area contributed by atoms with E-state index in [-0.39, 0.29) is 5.41 Å². The molecule has 0 spiro atoms. The average Bonchev–Trinajstić information content (AvgIpc) is 3.22. The molecule has 1 aliphatic heterocycles. The van der Waals surface area contributed by atoms with E-state index in [1.54, 1.807) is 13.4 Å².